The summed E-state index contributed by atoms with van der Waals surface area (Å²) in [6, 6.07) is 6.14. The summed E-state index contributed by atoms with van der Waals surface area (Å²) in [4.78, 5) is 23.0. The van der Waals surface area contributed by atoms with Crippen molar-refractivity contribution in [3.05, 3.63) is 42.6 Å². The van der Waals surface area contributed by atoms with Crippen LogP contribution < -0.4 is 5.32 Å². The monoisotopic (exact) mass is 259 g/mol. The number of carboxylic acid groups (broad SMARTS) is 1. The van der Waals surface area contributed by atoms with E-state index in [2.05, 4.69) is 22.1 Å². The van der Waals surface area contributed by atoms with Gasteiger partial charge in [-0.2, -0.15) is 5.10 Å². The van der Waals surface area contributed by atoms with E-state index >= 15 is 0 Å². The largest absolute Gasteiger partial charge is 0.480 e. The molecule has 6 nitrogen and oxygen atoms in total. The SMILES string of the molecule is C=CCC(NC(=O)c1n[nH]c2ccccc12)C(=O)O. The van der Waals surface area contributed by atoms with Gasteiger partial charge in [0.1, 0.15) is 6.04 Å². The quantitative estimate of drug-likeness (QED) is 0.706. The van der Waals surface area contributed by atoms with Crippen molar-refractivity contribution in [3.63, 3.8) is 0 Å². The lowest BCUT2D eigenvalue weighted by Crippen LogP contribution is -2.40. The highest BCUT2D eigenvalue weighted by atomic mass is 16.4. The number of hydrogen-bond acceptors (Lipinski definition) is 3. The number of carboxylic acids is 1. The number of fused-ring (bicyclic) bond motifs is 1. The summed E-state index contributed by atoms with van der Waals surface area (Å²) >= 11 is 0. The van der Waals surface area contributed by atoms with Gasteiger partial charge in [-0.1, -0.05) is 24.3 Å². The van der Waals surface area contributed by atoms with E-state index in [1.54, 1.807) is 18.2 Å². The van der Waals surface area contributed by atoms with Crippen molar-refractivity contribution in [2.24, 2.45) is 0 Å². The number of nitrogens with one attached hydrogen (secondary N) is 2. The smallest absolute Gasteiger partial charge is 0.326 e. The molecule has 1 amide bonds. The average Bonchev–Trinajstić information content (AvgIpc) is 2.81. The Bertz CT molecular complexity index is 633. The molecule has 1 unspecified atom stereocenters. The van der Waals surface area contributed by atoms with E-state index in [-0.39, 0.29) is 12.1 Å². The van der Waals surface area contributed by atoms with E-state index in [0.717, 1.165) is 5.52 Å². The minimum atomic E-state index is -1.10. The molecule has 0 aliphatic rings. The summed E-state index contributed by atoms with van der Waals surface area (Å²) in [6.07, 6.45) is 1.60. The van der Waals surface area contributed by atoms with Crippen LogP contribution in [0, 0.1) is 0 Å². The number of aromatic amines is 1. The highest BCUT2D eigenvalue weighted by Crippen LogP contribution is 2.15. The molecule has 6 heteroatoms. The molecule has 1 aromatic heterocycles. The van der Waals surface area contributed by atoms with Gasteiger partial charge in [-0.15, -0.1) is 6.58 Å². The second kappa shape index (κ2) is 5.34. The minimum Gasteiger partial charge on any atom is -0.480 e. The van der Waals surface area contributed by atoms with Gasteiger partial charge >= 0.3 is 5.97 Å². The van der Waals surface area contributed by atoms with Gasteiger partial charge in [-0.3, -0.25) is 9.89 Å². The normalized spacial score (nSPS) is 12.0. The zero-order chi connectivity index (χ0) is 13.8. The van der Waals surface area contributed by atoms with Gasteiger partial charge in [0.25, 0.3) is 5.91 Å². The summed E-state index contributed by atoms with van der Waals surface area (Å²) in [6.45, 7) is 3.47. The van der Waals surface area contributed by atoms with Crippen molar-refractivity contribution in [2.45, 2.75) is 12.5 Å². The first-order valence-corrected chi connectivity index (χ1v) is 5.71. The third-order valence-electron chi connectivity index (χ3n) is 2.69. The Morgan fingerprint density at radius 3 is 2.89 bits per heavy atom. The van der Waals surface area contributed by atoms with E-state index in [4.69, 9.17) is 5.11 Å². The molecule has 0 bridgehead atoms. The van der Waals surface area contributed by atoms with Crippen molar-refractivity contribution in [3.8, 4) is 0 Å². The van der Waals surface area contributed by atoms with E-state index in [1.807, 2.05) is 6.07 Å². The molecule has 3 N–H and O–H groups in total. The van der Waals surface area contributed by atoms with E-state index in [9.17, 15) is 9.59 Å². The van der Waals surface area contributed by atoms with Crippen LogP contribution in [0.3, 0.4) is 0 Å². The van der Waals surface area contributed by atoms with Crippen LogP contribution in [0.25, 0.3) is 10.9 Å². The van der Waals surface area contributed by atoms with Gasteiger partial charge in [0.15, 0.2) is 5.69 Å². The summed E-state index contributed by atoms with van der Waals surface area (Å²) < 4.78 is 0. The fraction of sp³-hybridized carbons (Fsp3) is 0.154. The molecule has 0 saturated carbocycles. The second-order valence-corrected chi connectivity index (χ2v) is 4.01. The molecule has 1 heterocycles. The van der Waals surface area contributed by atoms with Crippen LogP contribution in [-0.2, 0) is 4.79 Å². The molecule has 0 aliphatic carbocycles. The van der Waals surface area contributed by atoms with Crippen LogP contribution in [0.5, 0.6) is 0 Å². The maximum Gasteiger partial charge on any atom is 0.326 e. The summed E-state index contributed by atoms with van der Waals surface area (Å²) in [7, 11) is 0. The highest BCUT2D eigenvalue weighted by Gasteiger charge is 2.21. The fourth-order valence-electron chi connectivity index (χ4n) is 1.75. The molecule has 0 fully saturated rings. The molecular formula is C13H13N3O3. The average molecular weight is 259 g/mol. The summed E-state index contributed by atoms with van der Waals surface area (Å²) in [5, 5.41) is 18.7. The first-order valence-electron chi connectivity index (χ1n) is 5.71. The molecule has 0 radical (unpaired) electrons. The first kappa shape index (κ1) is 12.8. The first-order chi connectivity index (χ1) is 9.13. The Balaban J connectivity index is 2.24. The number of amides is 1. The lowest BCUT2D eigenvalue weighted by Gasteiger charge is -2.11. The molecule has 2 aromatic rings. The number of H-pyrrole nitrogens is 1. The molecule has 1 atom stereocenters. The van der Waals surface area contributed by atoms with Crippen molar-refractivity contribution in [1.29, 1.82) is 0 Å². The summed E-state index contributed by atoms with van der Waals surface area (Å²) in [5.74, 6) is -1.63. The number of rotatable bonds is 5. The Labute approximate surface area is 109 Å². The van der Waals surface area contributed by atoms with E-state index in [1.165, 1.54) is 6.08 Å². The molecule has 2 rings (SSSR count). The summed E-state index contributed by atoms with van der Waals surface area (Å²) in [5.41, 5.74) is 0.911. The fourth-order valence-corrected chi connectivity index (χ4v) is 1.75. The van der Waals surface area contributed by atoms with Crippen LogP contribution in [-0.4, -0.2) is 33.2 Å². The van der Waals surface area contributed by atoms with Crippen LogP contribution >= 0.6 is 0 Å². The van der Waals surface area contributed by atoms with Crippen molar-refractivity contribution in [1.82, 2.24) is 15.5 Å². The highest BCUT2D eigenvalue weighted by molar-refractivity contribution is 6.05. The number of benzene rings is 1. The van der Waals surface area contributed by atoms with Crippen LogP contribution in [0.4, 0.5) is 0 Å². The third kappa shape index (κ3) is 2.62. The topological polar surface area (TPSA) is 95.1 Å². The van der Waals surface area contributed by atoms with Crippen LogP contribution in [0.2, 0.25) is 0 Å². The van der Waals surface area contributed by atoms with Crippen molar-refractivity contribution in [2.75, 3.05) is 0 Å². The van der Waals surface area contributed by atoms with Gasteiger partial charge in [-0.25, -0.2) is 4.79 Å². The predicted molar refractivity (Wildman–Crippen MR) is 69.8 cm³/mol. The van der Waals surface area contributed by atoms with Crippen molar-refractivity contribution < 1.29 is 14.7 Å². The number of hydrogen-bond donors (Lipinski definition) is 3. The molecule has 0 saturated heterocycles. The van der Waals surface area contributed by atoms with E-state index < -0.39 is 17.9 Å². The zero-order valence-electron chi connectivity index (χ0n) is 10.1. The molecule has 0 aliphatic heterocycles. The van der Waals surface area contributed by atoms with Crippen LogP contribution in [0.15, 0.2) is 36.9 Å². The van der Waals surface area contributed by atoms with Gasteiger partial charge in [0.2, 0.25) is 0 Å². The molecule has 19 heavy (non-hydrogen) atoms. The Kier molecular flexibility index (Phi) is 3.61. The Hall–Kier alpha value is -2.63. The number of aromatic nitrogens is 2. The number of para-hydroxylation sites is 1. The molecular weight excluding hydrogens is 246 g/mol. The Morgan fingerprint density at radius 2 is 2.21 bits per heavy atom. The number of aliphatic carboxylic acids is 1. The third-order valence-corrected chi connectivity index (χ3v) is 2.69. The Morgan fingerprint density at radius 1 is 1.47 bits per heavy atom. The number of carbonyl (C=O) groups excluding carboxylic acids is 1. The van der Waals surface area contributed by atoms with Crippen LogP contribution in [0.1, 0.15) is 16.9 Å². The maximum atomic E-state index is 12.0. The predicted octanol–water partition coefficient (Wildman–Crippen LogP) is 1.32. The molecule has 0 spiro atoms. The second-order valence-electron chi connectivity index (χ2n) is 4.01. The van der Waals surface area contributed by atoms with Gasteiger partial charge in [0, 0.05) is 5.39 Å². The lowest BCUT2D eigenvalue weighted by molar-refractivity contribution is -0.139. The number of nitrogens with zero attached hydrogens (tertiary/aromatic N) is 1. The maximum absolute atomic E-state index is 12.0. The zero-order valence-corrected chi connectivity index (χ0v) is 10.1. The number of carbonyl (C=O) groups is 2. The van der Waals surface area contributed by atoms with Gasteiger partial charge in [0.05, 0.1) is 5.52 Å². The minimum absolute atomic E-state index is 0.156. The van der Waals surface area contributed by atoms with Gasteiger partial charge < -0.3 is 10.4 Å². The van der Waals surface area contributed by atoms with E-state index in [0.29, 0.717) is 5.39 Å². The van der Waals surface area contributed by atoms with Gasteiger partial charge in [-0.05, 0) is 12.5 Å². The molecule has 98 valence electrons. The standard InChI is InChI=1S/C13H13N3O3/c1-2-5-10(13(18)19)14-12(17)11-8-6-3-4-7-9(8)15-16-11/h2-4,6-7,10H,1,5H2,(H,14,17)(H,15,16)(H,18,19). The lowest BCUT2D eigenvalue weighted by atomic mass is 10.1. The molecule has 1 aromatic carbocycles. The van der Waals surface area contributed by atoms with Crippen molar-refractivity contribution >= 4 is 22.8 Å².